The zero-order valence-corrected chi connectivity index (χ0v) is 19.3. The normalized spacial score (nSPS) is 9.23. The van der Waals surface area contributed by atoms with Crippen molar-refractivity contribution in [1.82, 2.24) is 0 Å². The molecule has 0 aliphatic carbocycles. The summed E-state index contributed by atoms with van der Waals surface area (Å²) >= 11 is 1.30. The summed E-state index contributed by atoms with van der Waals surface area (Å²) in [5, 5.41) is 5.55. The van der Waals surface area contributed by atoms with E-state index < -0.39 is 0 Å². The quantitative estimate of drug-likeness (QED) is 0.374. The van der Waals surface area contributed by atoms with Crippen molar-refractivity contribution in [2.24, 2.45) is 0 Å². The molecule has 0 bridgehead atoms. The molecule has 0 unspecified atom stereocenters. The van der Waals surface area contributed by atoms with Gasteiger partial charge in [0.2, 0.25) is 0 Å². The third-order valence-corrected chi connectivity index (χ3v) is 4.30. The molecular weight excluding hydrogens is 438 g/mol. The first-order chi connectivity index (χ1) is 11.8. The van der Waals surface area contributed by atoms with Gasteiger partial charge < -0.3 is 24.8 Å². The van der Waals surface area contributed by atoms with Crippen molar-refractivity contribution in [2.75, 3.05) is 0 Å². The number of aryl methyl sites for hydroxylation is 2. The predicted octanol–water partition coefficient (Wildman–Crippen LogP) is 0.215. The number of halogens is 2. The molecule has 0 spiro atoms. The minimum Gasteiger partial charge on any atom is -1.00 e. The summed E-state index contributed by atoms with van der Waals surface area (Å²) < 4.78 is 3.34. The van der Waals surface area contributed by atoms with Crippen LogP contribution < -0.4 is 24.8 Å². The largest absolute Gasteiger partial charge is 1.00 e. The molecule has 0 aliphatic heterocycles. The first-order valence-corrected chi connectivity index (χ1v) is 10.2. The Bertz CT molecular complexity index is 815. The van der Waals surface area contributed by atoms with E-state index in [4.69, 9.17) is 0 Å². The predicted molar refractivity (Wildman–Crippen MR) is 105 cm³/mol. The van der Waals surface area contributed by atoms with E-state index in [0.717, 1.165) is 12.8 Å². The van der Waals surface area contributed by atoms with E-state index in [0.29, 0.717) is 0 Å². The molecule has 4 aromatic carbocycles. The molecule has 0 nitrogen and oxygen atoms in total. The molecule has 0 aromatic heterocycles. The van der Waals surface area contributed by atoms with Gasteiger partial charge in [-0.05, 0) is 0 Å². The van der Waals surface area contributed by atoms with Gasteiger partial charge in [0.1, 0.15) is 0 Å². The first-order valence-electron chi connectivity index (χ1n) is 8.45. The van der Waals surface area contributed by atoms with E-state index >= 15 is 0 Å². The summed E-state index contributed by atoms with van der Waals surface area (Å²) in [7, 11) is 0. The molecule has 3 heteroatoms. The Labute approximate surface area is 184 Å². The molecular formula is C23H24Cl2Zr-2. The summed E-state index contributed by atoms with van der Waals surface area (Å²) in [5.41, 5.74) is 2.92. The Hall–Kier alpha value is -1.01. The van der Waals surface area contributed by atoms with E-state index in [1.165, 1.54) is 56.9 Å². The van der Waals surface area contributed by atoms with Crippen molar-refractivity contribution in [3.8, 4) is 0 Å². The van der Waals surface area contributed by atoms with Crippen molar-refractivity contribution in [1.29, 1.82) is 0 Å². The van der Waals surface area contributed by atoms with Crippen LogP contribution in [0.3, 0.4) is 0 Å². The van der Waals surface area contributed by atoms with Crippen LogP contribution in [0.1, 0.15) is 25.0 Å². The second-order valence-electron chi connectivity index (χ2n) is 5.60. The summed E-state index contributed by atoms with van der Waals surface area (Å²) in [5.74, 6) is 0. The molecule has 0 saturated heterocycles. The standard InChI is InChI=1S/2C11H11.CH2.2ClH.Zr/c2*1-2-9-7-8-10-5-3-4-6-11(9)10;;;;/h2*3-8H,2H2,1H3;1H2;2*1H;/q2*-1;;;;+2/p-2. The molecule has 0 radical (unpaired) electrons. The number of benzene rings is 2. The van der Waals surface area contributed by atoms with Gasteiger partial charge in [-0.1, -0.05) is 38.8 Å². The van der Waals surface area contributed by atoms with Gasteiger partial charge in [-0.25, -0.2) is 0 Å². The molecule has 4 rings (SSSR count). The van der Waals surface area contributed by atoms with Crippen LogP contribution in [0.15, 0.2) is 72.8 Å². The molecule has 0 saturated carbocycles. The first kappa shape index (κ1) is 25.0. The molecule has 0 fully saturated rings. The minimum absolute atomic E-state index is 0. The molecule has 0 amide bonds. The second-order valence-corrected chi connectivity index (χ2v) is 5.60. The summed E-state index contributed by atoms with van der Waals surface area (Å²) in [4.78, 5) is 0. The molecule has 0 atom stereocenters. The molecule has 0 aliphatic rings. The van der Waals surface area contributed by atoms with Crippen LogP contribution in [-0.2, 0) is 37.1 Å². The second kappa shape index (κ2) is 13.2. The fraction of sp³-hybridized carbons (Fsp3) is 0.174. The Kier molecular flexibility index (Phi) is 12.7. The van der Waals surface area contributed by atoms with Gasteiger partial charge in [-0.15, -0.1) is 82.2 Å². The van der Waals surface area contributed by atoms with Crippen LogP contribution in [-0.4, -0.2) is 4.21 Å². The van der Waals surface area contributed by atoms with E-state index in [1.54, 1.807) is 0 Å². The van der Waals surface area contributed by atoms with Crippen molar-refractivity contribution >= 4 is 25.8 Å². The monoisotopic (exact) mass is 460 g/mol. The van der Waals surface area contributed by atoms with Gasteiger partial charge in [0.05, 0.1) is 0 Å². The summed E-state index contributed by atoms with van der Waals surface area (Å²) in [6.45, 7) is 4.39. The van der Waals surface area contributed by atoms with Crippen molar-refractivity contribution in [3.63, 3.8) is 0 Å². The van der Waals surface area contributed by atoms with E-state index in [2.05, 4.69) is 90.9 Å². The smallest absolute Gasteiger partial charge is 1.00 e. The third-order valence-electron chi connectivity index (χ3n) is 4.30. The summed E-state index contributed by atoms with van der Waals surface area (Å²) in [6.07, 6.45) is 2.26. The van der Waals surface area contributed by atoms with Gasteiger partial charge in [0.25, 0.3) is 0 Å². The number of hydrogen-bond acceptors (Lipinski definition) is 0. The molecule has 26 heavy (non-hydrogen) atoms. The van der Waals surface area contributed by atoms with Crippen LogP contribution in [0.5, 0.6) is 0 Å². The van der Waals surface area contributed by atoms with Crippen molar-refractivity contribution in [2.45, 2.75) is 26.7 Å². The molecule has 0 N–H and O–H groups in total. The van der Waals surface area contributed by atoms with Crippen LogP contribution in [0.2, 0.25) is 0 Å². The maximum Gasteiger partial charge on any atom is -1.00 e. The molecule has 0 heterocycles. The average Bonchev–Trinajstić information content (AvgIpc) is 3.27. The van der Waals surface area contributed by atoms with Crippen LogP contribution >= 0.6 is 0 Å². The summed E-state index contributed by atoms with van der Waals surface area (Å²) in [6, 6.07) is 25.9. The number of rotatable bonds is 2. The van der Waals surface area contributed by atoms with E-state index in [9.17, 15) is 0 Å². The van der Waals surface area contributed by atoms with Gasteiger partial charge in [-0.2, -0.15) is 11.1 Å². The zero-order chi connectivity index (χ0) is 17.4. The fourth-order valence-corrected chi connectivity index (χ4v) is 3.05. The fourth-order valence-electron chi connectivity index (χ4n) is 3.05. The SMILES string of the molecule is CCc1c[cH-]c2ccccc12.CCc1c[cH-]c2ccccc12.[CH2]=[Zr+2].[Cl-].[Cl-]. The van der Waals surface area contributed by atoms with Gasteiger partial charge in [0.15, 0.2) is 0 Å². The van der Waals surface area contributed by atoms with Crippen LogP contribution in [0, 0.1) is 0 Å². The van der Waals surface area contributed by atoms with Crippen molar-refractivity contribution in [3.05, 3.63) is 83.9 Å². The zero-order valence-electron chi connectivity index (χ0n) is 15.3. The average molecular weight is 463 g/mol. The Morgan fingerprint density at radius 2 is 1.04 bits per heavy atom. The van der Waals surface area contributed by atoms with Crippen molar-refractivity contribution < 1.29 is 49.0 Å². The Morgan fingerprint density at radius 3 is 1.38 bits per heavy atom. The maximum absolute atomic E-state index is 3.34. The third kappa shape index (κ3) is 6.02. The number of hydrogen-bond donors (Lipinski definition) is 0. The number of fused-ring (bicyclic) bond motifs is 2. The molecule has 136 valence electrons. The molecule has 4 aromatic rings. The Balaban J connectivity index is 0.000000410. The van der Waals surface area contributed by atoms with E-state index in [1.807, 2.05) is 0 Å². The van der Waals surface area contributed by atoms with Crippen LogP contribution in [0.25, 0.3) is 21.5 Å². The minimum atomic E-state index is 0. The topological polar surface area (TPSA) is 0 Å². The Morgan fingerprint density at radius 1 is 0.692 bits per heavy atom. The van der Waals surface area contributed by atoms with Crippen LogP contribution in [0.4, 0.5) is 0 Å². The van der Waals surface area contributed by atoms with Gasteiger partial charge in [0, 0.05) is 0 Å². The van der Waals surface area contributed by atoms with Gasteiger partial charge in [-0.3, -0.25) is 0 Å². The van der Waals surface area contributed by atoms with E-state index in [-0.39, 0.29) is 24.8 Å². The van der Waals surface area contributed by atoms with Gasteiger partial charge >= 0.3 is 28.4 Å². The maximum atomic E-state index is 3.34.